The van der Waals surface area contributed by atoms with Crippen LogP contribution in [0.25, 0.3) is 11.0 Å². The number of amides is 1. The molecule has 7 nitrogen and oxygen atoms in total. The maximum Gasteiger partial charge on any atom is 0.374 e. The van der Waals surface area contributed by atoms with Gasteiger partial charge in [-0.1, -0.05) is 30.3 Å². The minimum absolute atomic E-state index is 0.255. The van der Waals surface area contributed by atoms with E-state index >= 15 is 0 Å². The number of methoxy groups -OCH3 is 1. The van der Waals surface area contributed by atoms with Crippen molar-refractivity contribution in [1.82, 2.24) is 5.32 Å². The minimum atomic E-state index is -0.886. The van der Waals surface area contributed by atoms with Crippen LogP contribution in [0.2, 0.25) is 0 Å². The molecule has 1 unspecified atom stereocenters. The second-order valence-electron chi connectivity index (χ2n) is 6.08. The van der Waals surface area contributed by atoms with Crippen molar-refractivity contribution in [3.8, 4) is 5.75 Å². The SMILES string of the molecule is COc1ccccc1C(C)NC(=O)COC(=O)c1cc(=O)c2ccccc2o1. The molecular weight excluding hydrogens is 362 g/mol. The number of fused-ring (bicyclic) bond motifs is 1. The van der Waals surface area contributed by atoms with Crippen LogP contribution >= 0.6 is 0 Å². The zero-order chi connectivity index (χ0) is 20.1. The summed E-state index contributed by atoms with van der Waals surface area (Å²) in [6.07, 6.45) is 0. The van der Waals surface area contributed by atoms with Gasteiger partial charge in [-0.05, 0) is 25.1 Å². The molecule has 1 amide bonds. The van der Waals surface area contributed by atoms with Gasteiger partial charge in [0, 0.05) is 11.6 Å². The van der Waals surface area contributed by atoms with E-state index in [4.69, 9.17) is 13.9 Å². The van der Waals surface area contributed by atoms with E-state index in [0.717, 1.165) is 11.6 Å². The number of hydrogen-bond acceptors (Lipinski definition) is 6. The van der Waals surface area contributed by atoms with Crippen molar-refractivity contribution in [3.05, 3.63) is 76.1 Å². The summed E-state index contributed by atoms with van der Waals surface area (Å²) in [6.45, 7) is 1.29. The number of rotatable bonds is 6. The first-order valence-corrected chi connectivity index (χ1v) is 8.62. The molecular formula is C21H19NO6. The highest BCUT2D eigenvalue weighted by molar-refractivity contribution is 5.90. The Morgan fingerprint density at radius 1 is 1.11 bits per heavy atom. The zero-order valence-electron chi connectivity index (χ0n) is 15.4. The number of carbonyl (C=O) groups excluding carboxylic acids is 2. The van der Waals surface area contributed by atoms with Crippen LogP contribution in [0, 0.1) is 0 Å². The fourth-order valence-corrected chi connectivity index (χ4v) is 2.79. The Labute approximate surface area is 160 Å². The molecule has 1 heterocycles. The lowest BCUT2D eigenvalue weighted by Gasteiger charge is -2.17. The zero-order valence-corrected chi connectivity index (χ0v) is 15.4. The van der Waals surface area contributed by atoms with E-state index in [-0.39, 0.29) is 22.8 Å². The van der Waals surface area contributed by atoms with Gasteiger partial charge in [-0.25, -0.2) is 4.79 Å². The minimum Gasteiger partial charge on any atom is -0.496 e. The van der Waals surface area contributed by atoms with Crippen molar-refractivity contribution in [2.24, 2.45) is 0 Å². The molecule has 7 heteroatoms. The highest BCUT2D eigenvalue weighted by Crippen LogP contribution is 2.24. The van der Waals surface area contributed by atoms with E-state index < -0.39 is 18.5 Å². The van der Waals surface area contributed by atoms with Gasteiger partial charge in [-0.3, -0.25) is 9.59 Å². The molecule has 2 aromatic carbocycles. The number of benzene rings is 2. The summed E-state index contributed by atoms with van der Waals surface area (Å²) < 4.78 is 15.6. The number of hydrogen-bond donors (Lipinski definition) is 1. The molecule has 3 aromatic rings. The first-order valence-electron chi connectivity index (χ1n) is 8.62. The lowest BCUT2D eigenvalue weighted by Crippen LogP contribution is -2.31. The maximum absolute atomic E-state index is 12.1. The quantitative estimate of drug-likeness (QED) is 0.660. The van der Waals surface area contributed by atoms with Crippen LogP contribution in [0.15, 0.2) is 63.8 Å². The molecule has 0 radical (unpaired) electrons. The van der Waals surface area contributed by atoms with Gasteiger partial charge < -0.3 is 19.2 Å². The number of para-hydroxylation sites is 2. The molecule has 0 aliphatic carbocycles. The van der Waals surface area contributed by atoms with Gasteiger partial charge in [0.1, 0.15) is 11.3 Å². The lowest BCUT2D eigenvalue weighted by atomic mass is 10.1. The Morgan fingerprint density at radius 3 is 2.61 bits per heavy atom. The highest BCUT2D eigenvalue weighted by Gasteiger charge is 2.17. The monoisotopic (exact) mass is 381 g/mol. The van der Waals surface area contributed by atoms with Crippen molar-refractivity contribution < 1.29 is 23.5 Å². The van der Waals surface area contributed by atoms with Gasteiger partial charge in [0.25, 0.3) is 5.91 Å². The number of ether oxygens (including phenoxy) is 2. The van der Waals surface area contributed by atoms with Crippen molar-refractivity contribution in [1.29, 1.82) is 0 Å². The summed E-state index contributed by atoms with van der Waals surface area (Å²) >= 11 is 0. The van der Waals surface area contributed by atoms with Crippen molar-refractivity contribution in [3.63, 3.8) is 0 Å². The van der Waals surface area contributed by atoms with E-state index in [0.29, 0.717) is 11.1 Å². The summed E-state index contributed by atoms with van der Waals surface area (Å²) in [5.41, 5.74) is 0.712. The summed E-state index contributed by atoms with van der Waals surface area (Å²) in [4.78, 5) is 36.3. The Balaban J connectivity index is 1.63. The summed E-state index contributed by atoms with van der Waals surface area (Å²) in [7, 11) is 1.55. The van der Waals surface area contributed by atoms with Crippen LogP contribution in [-0.2, 0) is 9.53 Å². The molecule has 0 saturated heterocycles. The second-order valence-corrected chi connectivity index (χ2v) is 6.08. The van der Waals surface area contributed by atoms with Crippen LogP contribution < -0.4 is 15.5 Å². The topological polar surface area (TPSA) is 94.8 Å². The second kappa shape index (κ2) is 8.39. The molecule has 3 rings (SSSR count). The first-order chi connectivity index (χ1) is 13.5. The van der Waals surface area contributed by atoms with Crippen LogP contribution in [0.1, 0.15) is 29.1 Å². The van der Waals surface area contributed by atoms with Crippen LogP contribution in [0.3, 0.4) is 0 Å². The largest absolute Gasteiger partial charge is 0.496 e. The molecule has 1 N–H and O–H groups in total. The van der Waals surface area contributed by atoms with Crippen LogP contribution in [0.4, 0.5) is 0 Å². The lowest BCUT2D eigenvalue weighted by molar-refractivity contribution is -0.124. The molecule has 28 heavy (non-hydrogen) atoms. The van der Waals surface area contributed by atoms with Crippen LogP contribution in [-0.4, -0.2) is 25.6 Å². The Morgan fingerprint density at radius 2 is 1.82 bits per heavy atom. The Bertz CT molecular complexity index is 1070. The third kappa shape index (κ3) is 4.20. The molecule has 1 atom stereocenters. The highest BCUT2D eigenvalue weighted by atomic mass is 16.5. The molecule has 0 bridgehead atoms. The molecule has 0 fully saturated rings. The average molecular weight is 381 g/mol. The van der Waals surface area contributed by atoms with Crippen molar-refractivity contribution >= 4 is 22.8 Å². The maximum atomic E-state index is 12.1. The summed E-state index contributed by atoms with van der Waals surface area (Å²) in [5, 5.41) is 3.09. The van der Waals surface area contributed by atoms with Gasteiger partial charge in [-0.15, -0.1) is 0 Å². The molecule has 144 valence electrons. The summed E-state index contributed by atoms with van der Waals surface area (Å²) in [6, 6.07) is 14.6. The van der Waals surface area contributed by atoms with E-state index in [1.54, 1.807) is 44.4 Å². The van der Waals surface area contributed by atoms with E-state index in [1.807, 2.05) is 18.2 Å². The molecule has 0 spiro atoms. The predicted molar refractivity (Wildman–Crippen MR) is 102 cm³/mol. The van der Waals surface area contributed by atoms with Gasteiger partial charge in [0.05, 0.1) is 18.5 Å². The standard InChI is InChI=1S/C21H19NO6/c1-13(14-7-3-5-9-17(14)26-2)22-20(24)12-27-21(25)19-11-16(23)15-8-4-6-10-18(15)28-19/h3-11,13H,12H2,1-2H3,(H,22,24). The van der Waals surface area contributed by atoms with Gasteiger partial charge in [0.2, 0.25) is 5.76 Å². The number of esters is 1. The molecule has 0 saturated carbocycles. The first kappa shape index (κ1) is 19.2. The smallest absolute Gasteiger partial charge is 0.374 e. The van der Waals surface area contributed by atoms with Gasteiger partial charge in [0.15, 0.2) is 12.0 Å². The molecule has 0 aliphatic rings. The third-order valence-electron chi connectivity index (χ3n) is 4.15. The Hall–Kier alpha value is -3.61. The number of nitrogens with one attached hydrogen (secondary N) is 1. The van der Waals surface area contributed by atoms with E-state index in [9.17, 15) is 14.4 Å². The summed E-state index contributed by atoms with van der Waals surface area (Å²) in [5.74, 6) is -0.989. The average Bonchev–Trinajstić information content (AvgIpc) is 2.71. The predicted octanol–water partition coefficient (Wildman–Crippen LogP) is 2.84. The fourth-order valence-electron chi connectivity index (χ4n) is 2.79. The fraction of sp³-hybridized carbons (Fsp3) is 0.190. The third-order valence-corrected chi connectivity index (χ3v) is 4.15. The van der Waals surface area contributed by atoms with Crippen molar-refractivity contribution in [2.75, 3.05) is 13.7 Å². The van der Waals surface area contributed by atoms with Gasteiger partial charge in [-0.2, -0.15) is 0 Å². The Kier molecular flexibility index (Phi) is 5.74. The molecule has 0 aliphatic heterocycles. The van der Waals surface area contributed by atoms with E-state index in [2.05, 4.69) is 5.32 Å². The van der Waals surface area contributed by atoms with Crippen LogP contribution in [0.5, 0.6) is 5.75 Å². The number of carbonyl (C=O) groups is 2. The normalized spacial score (nSPS) is 11.6. The van der Waals surface area contributed by atoms with E-state index in [1.165, 1.54) is 0 Å². The van der Waals surface area contributed by atoms with Gasteiger partial charge >= 0.3 is 5.97 Å². The van der Waals surface area contributed by atoms with Crippen molar-refractivity contribution in [2.45, 2.75) is 13.0 Å². The molecule has 1 aromatic heterocycles.